The van der Waals surface area contributed by atoms with Gasteiger partial charge < -0.3 is 0 Å². The lowest BCUT2D eigenvalue weighted by atomic mass is 10.1. The van der Waals surface area contributed by atoms with Crippen LogP contribution in [0.25, 0.3) is 0 Å². The molecule has 10 heteroatoms. The molecule has 0 aliphatic carbocycles. The molecule has 1 aliphatic heterocycles. The van der Waals surface area contributed by atoms with E-state index in [4.69, 9.17) is 11.6 Å². The summed E-state index contributed by atoms with van der Waals surface area (Å²) in [5.74, 6) is 0. The zero-order valence-corrected chi connectivity index (χ0v) is 13.7. The standard InChI is InChI=1S/C11H16ClN3O4S2/c1-20(16,17)14-9-4-6-15(7-5-9)21(18,19)10-2-3-11(12)13-8-10/h2-3,8-9,14H,4-7H2,1H3. The third kappa shape index (κ3) is 4.36. The van der Waals surface area contributed by atoms with Gasteiger partial charge >= 0.3 is 0 Å². The van der Waals surface area contributed by atoms with E-state index in [0.717, 1.165) is 6.26 Å². The highest BCUT2D eigenvalue weighted by Gasteiger charge is 2.30. The van der Waals surface area contributed by atoms with Crippen molar-refractivity contribution in [3.8, 4) is 0 Å². The molecular weight excluding hydrogens is 338 g/mol. The van der Waals surface area contributed by atoms with E-state index in [0.29, 0.717) is 12.8 Å². The molecule has 7 nitrogen and oxygen atoms in total. The van der Waals surface area contributed by atoms with Gasteiger partial charge in [0.05, 0.1) is 6.26 Å². The fourth-order valence-electron chi connectivity index (χ4n) is 2.18. The molecule has 0 atom stereocenters. The van der Waals surface area contributed by atoms with E-state index >= 15 is 0 Å². The molecule has 0 bridgehead atoms. The van der Waals surface area contributed by atoms with Crippen molar-refractivity contribution in [1.82, 2.24) is 14.0 Å². The molecule has 1 aromatic rings. The third-order valence-electron chi connectivity index (χ3n) is 3.17. The number of sulfonamides is 2. The Kier molecular flexibility index (Phi) is 4.89. The normalized spacial score (nSPS) is 18.8. The summed E-state index contributed by atoms with van der Waals surface area (Å²) in [5, 5.41) is 0.227. The Morgan fingerprint density at radius 1 is 1.24 bits per heavy atom. The Morgan fingerprint density at radius 2 is 1.86 bits per heavy atom. The molecule has 0 radical (unpaired) electrons. The summed E-state index contributed by atoms with van der Waals surface area (Å²) < 4.78 is 51.0. The summed E-state index contributed by atoms with van der Waals surface area (Å²) in [6, 6.07) is 2.60. The largest absolute Gasteiger partial charge is 0.244 e. The van der Waals surface area contributed by atoms with Gasteiger partial charge in [-0.15, -0.1) is 0 Å². The van der Waals surface area contributed by atoms with Gasteiger partial charge in [-0.05, 0) is 25.0 Å². The first-order chi connectivity index (χ1) is 9.68. The molecule has 0 unspecified atom stereocenters. The first-order valence-corrected chi connectivity index (χ1v) is 9.98. The van der Waals surface area contributed by atoms with Gasteiger partial charge in [-0.1, -0.05) is 11.6 Å². The Hall–Kier alpha value is -0.740. The highest BCUT2D eigenvalue weighted by molar-refractivity contribution is 7.89. The first-order valence-electron chi connectivity index (χ1n) is 6.27. The van der Waals surface area contributed by atoms with Crippen molar-refractivity contribution >= 4 is 31.6 Å². The number of nitrogens with one attached hydrogen (secondary N) is 1. The average molecular weight is 354 g/mol. The Balaban J connectivity index is 2.06. The smallest absolute Gasteiger partial charge is 0.243 e. The van der Waals surface area contributed by atoms with Crippen LogP contribution >= 0.6 is 11.6 Å². The molecule has 2 rings (SSSR count). The van der Waals surface area contributed by atoms with Gasteiger partial charge in [0.1, 0.15) is 10.0 Å². The van der Waals surface area contributed by atoms with E-state index in [9.17, 15) is 16.8 Å². The number of aromatic nitrogens is 1. The molecule has 1 saturated heterocycles. The summed E-state index contributed by atoms with van der Waals surface area (Å²) in [6.07, 6.45) is 3.19. The van der Waals surface area contributed by atoms with E-state index in [1.165, 1.54) is 22.6 Å². The summed E-state index contributed by atoms with van der Waals surface area (Å²) in [6.45, 7) is 0.524. The van der Waals surface area contributed by atoms with E-state index in [2.05, 4.69) is 9.71 Å². The lowest BCUT2D eigenvalue weighted by Gasteiger charge is -2.31. The van der Waals surface area contributed by atoms with Crippen molar-refractivity contribution in [2.24, 2.45) is 0 Å². The summed E-state index contributed by atoms with van der Waals surface area (Å²) in [7, 11) is -6.89. The van der Waals surface area contributed by atoms with E-state index in [1.807, 2.05) is 0 Å². The number of pyridine rings is 1. The average Bonchev–Trinajstić information content (AvgIpc) is 2.38. The van der Waals surface area contributed by atoms with E-state index in [1.54, 1.807) is 0 Å². The van der Waals surface area contributed by atoms with Crippen LogP contribution in [0.3, 0.4) is 0 Å². The molecular formula is C11H16ClN3O4S2. The Bertz CT molecular complexity index is 695. The van der Waals surface area contributed by atoms with Gasteiger partial charge in [-0.3, -0.25) is 0 Å². The number of hydrogen-bond donors (Lipinski definition) is 1. The first kappa shape index (κ1) is 16.6. The second-order valence-corrected chi connectivity index (χ2v) is 8.99. The maximum Gasteiger partial charge on any atom is 0.244 e. The zero-order chi connectivity index (χ0) is 15.7. The van der Waals surface area contributed by atoms with Crippen LogP contribution in [-0.4, -0.2) is 51.5 Å². The fourth-order valence-corrected chi connectivity index (χ4v) is 4.55. The number of halogens is 1. The molecule has 1 aromatic heterocycles. The number of piperidine rings is 1. The number of nitrogens with zero attached hydrogens (tertiary/aromatic N) is 2. The fraction of sp³-hybridized carbons (Fsp3) is 0.545. The molecule has 0 aromatic carbocycles. The minimum Gasteiger partial charge on any atom is -0.243 e. The van der Waals surface area contributed by atoms with Crippen LogP contribution in [0.15, 0.2) is 23.2 Å². The Labute approximate surface area is 129 Å². The van der Waals surface area contributed by atoms with Gasteiger partial charge in [0.2, 0.25) is 20.0 Å². The molecule has 1 aliphatic rings. The van der Waals surface area contributed by atoms with Crippen molar-refractivity contribution < 1.29 is 16.8 Å². The van der Waals surface area contributed by atoms with Crippen LogP contribution in [0.1, 0.15) is 12.8 Å². The number of rotatable bonds is 4. The van der Waals surface area contributed by atoms with Crippen LogP contribution in [-0.2, 0) is 20.0 Å². The maximum atomic E-state index is 12.4. The van der Waals surface area contributed by atoms with E-state index < -0.39 is 20.0 Å². The molecule has 0 amide bonds. The second-order valence-electron chi connectivity index (χ2n) is 4.89. The van der Waals surface area contributed by atoms with Crippen molar-refractivity contribution in [2.75, 3.05) is 19.3 Å². The van der Waals surface area contributed by atoms with Crippen molar-refractivity contribution in [3.05, 3.63) is 23.5 Å². The zero-order valence-electron chi connectivity index (χ0n) is 11.4. The van der Waals surface area contributed by atoms with Crippen molar-refractivity contribution in [3.63, 3.8) is 0 Å². The SMILES string of the molecule is CS(=O)(=O)NC1CCN(S(=O)(=O)c2ccc(Cl)nc2)CC1. The van der Waals surface area contributed by atoms with Gasteiger partial charge in [-0.25, -0.2) is 26.5 Å². The van der Waals surface area contributed by atoms with Gasteiger partial charge in [0.15, 0.2) is 0 Å². The Morgan fingerprint density at radius 3 is 2.33 bits per heavy atom. The van der Waals surface area contributed by atoms with E-state index in [-0.39, 0.29) is 29.2 Å². The van der Waals surface area contributed by atoms with Crippen LogP contribution < -0.4 is 4.72 Å². The van der Waals surface area contributed by atoms with Crippen molar-refractivity contribution in [1.29, 1.82) is 0 Å². The highest BCUT2D eigenvalue weighted by atomic mass is 35.5. The lowest BCUT2D eigenvalue weighted by molar-refractivity contribution is 0.308. The predicted octanol–water partition coefficient (Wildman–Crippen LogP) is 0.437. The van der Waals surface area contributed by atoms with Crippen LogP contribution in [0.4, 0.5) is 0 Å². The molecule has 21 heavy (non-hydrogen) atoms. The van der Waals surface area contributed by atoms with Crippen LogP contribution in [0.2, 0.25) is 5.15 Å². The van der Waals surface area contributed by atoms with Crippen LogP contribution in [0.5, 0.6) is 0 Å². The number of hydrogen-bond acceptors (Lipinski definition) is 5. The molecule has 0 spiro atoms. The topological polar surface area (TPSA) is 96.4 Å². The molecule has 1 N–H and O–H groups in total. The monoisotopic (exact) mass is 353 g/mol. The van der Waals surface area contributed by atoms with Crippen LogP contribution in [0, 0.1) is 0 Å². The molecule has 1 fully saturated rings. The lowest BCUT2D eigenvalue weighted by Crippen LogP contribution is -2.46. The minimum atomic E-state index is -3.61. The maximum absolute atomic E-state index is 12.4. The molecule has 2 heterocycles. The highest BCUT2D eigenvalue weighted by Crippen LogP contribution is 2.21. The van der Waals surface area contributed by atoms with Crippen molar-refractivity contribution in [2.45, 2.75) is 23.8 Å². The molecule has 118 valence electrons. The summed E-state index contributed by atoms with van der Waals surface area (Å²) >= 11 is 5.64. The predicted molar refractivity (Wildman–Crippen MR) is 79.0 cm³/mol. The summed E-state index contributed by atoms with van der Waals surface area (Å²) in [5.41, 5.74) is 0. The summed E-state index contributed by atoms with van der Waals surface area (Å²) in [4.78, 5) is 3.86. The third-order valence-corrected chi connectivity index (χ3v) is 6.04. The van der Waals surface area contributed by atoms with Gasteiger partial charge in [0.25, 0.3) is 0 Å². The second kappa shape index (κ2) is 6.17. The van der Waals surface area contributed by atoms with Gasteiger partial charge in [0, 0.05) is 25.3 Å². The molecule has 0 saturated carbocycles. The minimum absolute atomic E-state index is 0.0847. The quantitative estimate of drug-likeness (QED) is 0.792. The van der Waals surface area contributed by atoms with Gasteiger partial charge in [-0.2, -0.15) is 4.31 Å².